The van der Waals surface area contributed by atoms with Crippen LogP contribution in [0.1, 0.15) is 23.1 Å². The predicted molar refractivity (Wildman–Crippen MR) is 78.3 cm³/mol. The maximum atomic E-state index is 11.9. The molecule has 0 aromatic heterocycles. The van der Waals surface area contributed by atoms with Crippen molar-refractivity contribution in [2.75, 3.05) is 19.6 Å². The Bertz CT molecular complexity index is 549. The molecule has 5 heteroatoms. The van der Waals surface area contributed by atoms with E-state index in [0.29, 0.717) is 19.5 Å². The fourth-order valence-corrected chi connectivity index (χ4v) is 2.73. The maximum absolute atomic E-state index is 11.9. The summed E-state index contributed by atoms with van der Waals surface area (Å²) in [7, 11) is 0. The number of hydrogen-bond donors (Lipinski definition) is 0. The van der Waals surface area contributed by atoms with E-state index in [0.717, 1.165) is 13.0 Å². The van der Waals surface area contributed by atoms with Crippen molar-refractivity contribution in [2.24, 2.45) is 11.0 Å². The van der Waals surface area contributed by atoms with E-state index in [-0.39, 0.29) is 11.8 Å². The average Bonchev–Trinajstić information content (AvgIpc) is 2.76. The van der Waals surface area contributed by atoms with E-state index in [2.05, 4.69) is 42.1 Å². The minimum absolute atomic E-state index is 0.174. The van der Waals surface area contributed by atoms with Crippen LogP contribution in [0.2, 0.25) is 0 Å². The van der Waals surface area contributed by atoms with Gasteiger partial charge in [-0.15, -0.1) is 0 Å². The van der Waals surface area contributed by atoms with Crippen LogP contribution in [-0.2, 0) is 11.2 Å². The Balaban J connectivity index is 1.90. The molecule has 1 aromatic rings. The molecule has 0 aliphatic carbocycles. The molecule has 1 atom stereocenters. The van der Waals surface area contributed by atoms with E-state index < -0.39 is 0 Å². The molecule has 106 valence electrons. The molecule has 2 rings (SSSR count). The molecule has 1 fully saturated rings. The SMILES string of the molecule is Cc1ccc(CCN2CC(CN=[N+]=[N-])CC2=O)c(C)c1. The highest BCUT2D eigenvalue weighted by Gasteiger charge is 2.28. The number of benzene rings is 1. The molecule has 1 aromatic carbocycles. The summed E-state index contributed by atoms with van der Waals surface area (Å²) in [6.07, 6.45) is 1.39. The Labute approximate surface area is 119 Å². The van der Waals surface area contributed by atoms with Crippen molar-refractivity contribution in [1.82, 2.24) is 4.90 Å². The fraction of sp³-hybridized carbons (Fsp3) is 0.533. The van der Waals surface area contributed by atoms with Crippen molar-refractivity contribution < 1.29 is 4.79 Å². The summed E-state index contributed by atoms with van der Waals surface area (Å²) >= 11 is 0. The Kier molecular flexibility index (Phi) is 4.64. The summed E-state index contributed by atoms with van der Waals surface area (Å²) < 4.78 is 0. The molecule has 0 bridgehead atoms. The quantitative estimate of drug-likeness (QED) is 0.461. The van der Waals surface area contributed by atoms with E-state index in [4.69, 9.17) is 5.53 Å². The van der Waals surface area contributed by atoms with Gasteiger partial charge in [0.2, 0.25) is 5.91 Å². The van der Waals surface area contributed by atoms with Gasteiger partial charge in [0.25, 0.3) is 0 Å². The molecular weight excluding hydrogens is 252 g/mol. The number of aryl methyl sites for hydroxylation is 2. The van der Waals surface area contributed by atoms with Gasteiger partial charge in [0, 0.05) is 31.0 Å². The van der Waals surface area contributed by atoms with Gasteiger partial charge >= 0.3 is 0 Å². The highest BCUT2D eigenvalue weighted by atomic mass is 16.2. The van der Waals surface area contributed by atoms with Gasteiger partial charge in [0.1, 0.15) is 0 Å². The molecule has 1 saturated heterocycles. The predicted octanol–water partition coefficient (Wildman–Crippen LogP) is 3.00. The minimum atomic E-state index is 0.174. The molecule has 0 spiro atoms. The van der Waals surface area contributed by atoms with Gasteiger partial charge in [-0.25, -0.2) is 0 Å². The number of rotatable bonds is 5. The van der Waals surface area contributed by atoms with E-state index >= 15 is 0 Å². The lowest BCUT2D eigenvalue weighted by atomic mass is 10.0. The van der Waals surface area contributed by atoms with Crippen LogP contribution < -0.4 is 0 Å². The summed E-state index contributed by atoms with van der Waals surface area (Å²) in [6.45, 7) is 6.07. The third-order valence-corrected chi connectivity index (χ3v) is 3.85. The topological polar surface area (TPSA) is 69.1 Å². The van der Waals surface area contributed by atoms with Crippen LogP contribution in [0, 0.1) is 19.8 Å². The zero-order chi connectivity index (χ0) is 14.5. The van der Waals surface area contributed by atoms with Crippen LogP contribution in [-0.4, -0.2) is 30.4 Å². The fourth-order valence-electron chi connectivity index (χ4n) is 2.73. The summed E-state index contributed by atoms with van der Waals surface area (Å²) in [5.41, 5.74) is 12.2. The molecule has 0 radical (unpaired) electrons. The molecule has 0 N–H and O–H groups in total. The Morgan fingerprint density at radius 2 is 2.25 bits per heavy atom. The number of carbonyl (C=O) groups excluding carboxylic acids is 1. The van der Waals surface area contributed by atoms with E-state index in [1.54, 1.807) is 0 Å². The van der Waals surface area contributed by atoms with Gasteiger partial charge in [-0.3, -0.25) is 4.79 Å². The lowest BCUT2D eigenvalue weighted by Gasteiger charge is -2.17. The van der Waals surface area contributed by atoms with Gasteiger partial charge in [-0.2, -0.15) is 0 Å². The van der Waals surface area contributed by atoms with Crippen molar-refractivity contribution in [1.29, 1.82) is 0 Å². The molecule has 1 aliphatic heterocycles. The summed E-state index contributed by atoms with van der Waals surface area (Å²) in [5.74, 6) is 0.352. The van der Waals surface area contributed by atoms with E-state index in [1.807, 2.05) is 4.90 Å². The Hall–Kier alpha value is -2.00. The second-order valence-corrected chi connectivity index (χ2v) is 5.50. The first-order chi connectivity index (χ1) is 9.60. The highest BCUT2D eigenvalue weighted by molar-refractivity contribution is 5.78. The van der Waals surface area contributed by atoms with Crippen LogP contribution in [0.4, 0.5) is 0 Å². The molecule has 1 heterocycles. The third-order valence-electron chi connectivity index (χ3n) is 3.85. The second kappa shape index (κ2) is 6.44. The number of likely N-dealkylation sites (tertiary alicyclic amines) is 1. The van der Waals surface area contributed by atoms with Crippen molar-refractivity contribution in [3.63, 3.8) is 0 Å². The van der Waals surface area contributed by atoms with Crippen LogP contribution >= 0.6 is 0 Å². The standard InChI is InChI=1S/C15H20N4O/c1-11-3-4-14(12(2)7-11)5-6-19-10-13(8-15(19)20)9-17-18-16/h3-4,7,13H,5-6,8-10H2,1-2H3. The zero-order valence-corrected chi connectivity index (χ0v) is 12.0. The van der Waals surface area contributed by atoms with Crippen molar-refractivity contribution in [3.8, 4) is 0 Å². The van der Waals surface area contributed by atoms with Gasteiger partial charge in [-0.05, 0) is 42.8 Å². The maximum Gasteiger partial charge on any atom is 0.222 e. The Morgan fingerprint density at radius 3 is 2.95 bits per heavy atom. The molecule has 1 unspecified atom stereocenters. The number of nitrogens with zero attached hydrogens (tertiary/aromatic N) is 4. The first kappa shape index (κ1) is 14.4. The van der Waals surface area contributed by atoms with Crippen LogP contribution in [0.15, 0.2) is 23.3 Å². The second-order valence-electron chi connectivity index (χ2n) is 5.50. The van der Waals surface area contributed by atoms with Gasteiger partial charge < -0.3 is 4.90 Å². The lowest BCUT2D eigenvalue weighted by Crippen LogP contribution is -2.28. The van der Waals surface area contributed by atoms with Crippen molar-refractivity contribution in [3.05, 3.63) is 45.3 Å². The smallest absolute Gasteiger partial charge is 0.222 e. The monoisotopic (exact) mass is 272 g/mol. The number of amides is 1. The summed E-state index contributed by atoms with van der Waals surface area (Å²) in [4.78, 5) is 16.5. The summed E-state index contributed by atoms with van der Waals surface area (Å²) in [6, 6.07) is 6.42. The Morgan fingerprint density at radius 1 is 1.45 bits per heavy atom. The lowest BCUT2D eigenvalue weighted by molar-refractivity contribution is -0.127. The highest BCUT2D eigenvalue weighted by Crippen LogP contribution is 2.19. The minimum Gasteiger partial charge on any atom is -0.342 e. The molecular formula is C15H20N4O. The normalized spacial score (nSPS) is 18.2. The average molecular weight is 272 g/mol. The zero-order valence-electron chi connectivity index (χ0n) is 12.0. The molecule has 20 heavy (non-hydrogen) atoms. The van der Waals surface area contributed by atoms with Crippen molar-refractivity contribution in [2.45, 2.75) is 26.7 Å². The van der Waals surface area contributed by atoms with Gasteiger partial charge in [0.05, 0.1) is 0 Å². The first-order valence-corrected chi connectivity index (χ1v) is 6.95. The molecule has 0 saturated carbocycles. The summed E-state index contributed by atoms with van der Waals surface area (Å²) in [5, 5.41) is 3.57. The van der Waals surface area contributed by atoms with Crippen LogP contribution in [0.3, 0.4) is 0 Å². The largest absolute Gasteiger partial charge is 0.342 e. The van der Waals surface area contributed by atoms with Gasteiger partial charge in [-0.1, -0.05) is 28.9 Å². The van der Waals surface area contributed by atoms with Crippen LogP contribution in [0.25, 0.3) is 10.4 Å². The van der Waals surface area contributed by atoms with E-state index in [1.165, 1.54) is 16.7 Å². The van der Waals surface area contributed by atoms with Crippen molar-refractivity contribution >= 4 is 5.91 Å². The molecule has 1 aliphatic rings. The number of azide groups is 1. The van der Waals surface area contributed by atoms with E-state index in [9.17, 15) is 4.79 Å². The number of hydrogen-bond acceptors (Lipinski definition) is 2. The van der Waals surface area contributed by atoms with Gasteiger partial charge in [0.15, 0.2) is 0 Å². The third kappa shape index (κ3) is 3.52. The number of carbonyl (C=O) groups is 1. The van der Waals surface area contributed by atoms with Crippen LogP contribution in [0.5, 0.6) is 0 Å². The molecule has 5 nitrogen and oxygen atoms in total. The molecule has 1 amide bonds. The first-order valence-electron chi connectivity index (χ1n) is 6.95.